The fraction of sp³-hybridized carbons (Fsp3) is 0.429. The van der Waals surface area contributed by atoms with Gasteiger partial charge in [-0.1, -0.05) is 19.1 Å². The third-order valence-corrected chi connectivity index (χ3v) is 3.81. The number of hydrogen-bond acceptors (Lipinski definition) is 2. The lowest BCUT2D eigenvalue weighted by atomic mass is 10.1. The number of aryl methyl sites for hydroxylation is 1. The topological polar surface area (TPSA) is 52.7 Å². The van der Waals surface area contributed by atoms with Crippen LogP contribution in [-0.2, 0) is 11.2 Å². The number of rotatable bonds is 2. The average molecular weight is 259 g/mol. The van der Waals surface area contributed by atoms with Crippen molar-refractivity contribution in [2.45, 2.75) is 32.2 Å². The monoisotopic (exact) mass is 259 g/mol. The number of hydrazine groups is 1. The molecule has 5 heteroatoms. The Bertz CT molecular complexity index is 512. The van der Waals surface area contributed by atoms with Gasteiger partial charge in [0.05, 0.1) is 12.5 Å². The molecule has 0 aliphatic carbocycles. The summed E-state index contributed by atoms with van der Waals surface area (Å²) in [6.07, 6.45) is 2.23. The van der Waals surface area contributed by atoms with E-state index in [1.807, 2.05) is 24.3 Å². The van der Waals surface area contributed by atoms with Crippen LogP contribution in [-0.4, -0.2) is 29.5 Å². The summed E-state index contributed by atoms with van der Waals surface area (Å²) in [5.41, 5.74) is 4.77. The summed E-state index contributed by atoms with van der Waals surface area (Å²) in [6, 6.07) is 7.90. The molecule has 2 fully saturated rings. The summed E-state index contributed by atoms with van der Waals surface area (Å²) in [6.45, 7) is 2.77. The van der Waals surface area contributed by atoms with Gasteiger partial charge in [0.1, 0.15) is 0 Å². The molecule has 1 atom stereocenters. The van der Waals surface area contributed by atoms with Gasteiger partial charge in [-0.05, 0) is 30.5 Å². The van der Waals surface area contributed by atoms with Gasteiger partial charge in [0.15, 0.2) is 0 Å². The van der Waals surface area contributed by atoms with E-state index < -0.39 is 0 Å². The molecular formula is C14H17N3O2. The van der Waals surface area contributed by atoms with Gasteiger partial charge in [-0.25, -0.2) is 9.80 Å². The number of hydrogen-bond donors (Lipinski definition) is 1. The van der Waals surface area contributed by atoms with Gasteiger partial charge >= 0.3 is 6.03 Å². The van der Waals surface area contributed by atoms with Crippen LogP contribution in [0.2, 0.25) is 0 Å². The van der Waals surface area contributed by atoms with Crippen molar-refractivity contribution in [1.29, 1.82) is 0 Å². The van der Waals surface area contributed by atoms with Crippen LogP contribution >= 0.6 is 0 Å². The Labute approximate surface area is 112 Å². The second-order valence-corrected chi connectivity index (χ2v) is 5.01. The lowest BCUT2D eigenvalue weighted by Crippen LogP contribution is -2.55. The van der Waals surface area contributed by atoms with E-state index >= 15 is 0 Å². The van der Waals surface area contributed by atoms with E-state index in [9.17, 15) is 9.59 Å². The van der Waals surface area contributed by atoms with Crippen LogP contribution in [0.15, 0.2) is 24.3 Å². The number of urea groups is 1. The average Bonchev–Trinajstić information content (AvgIpc) is 2.81. The Morgan fingerprint density at radius 3 is 2.68 bits per heavy atom. The first-order valence-corrected chi connectivity index (χ1v) is 6.68. The molecule has 5 nitrogen and oxygen atoms in total. The molecule has 100 valence electrons. The molecule has 2 aliphatic rings. The van der Waals surface area contributed by atoms with Gasteiger partial charge in [-0.2, -0.15) is 0 Å². The minimum Gasteiger partial charge on any atom is -0.293 e. The van der Waals surface area contributed by atoms with Crippen LogP contribution in [0.25, 0.3) is 0 Å². The van der Waals surface area contributed by atoms with Crippen LogP contribution in [0, 0.1) is 0 Å². The molecule has 0 radical (unpaired) electrons. The third-order valence-electron chi connectivity index (χ3n) is 3.81. The molecule has 2 saturated heterocycles. The van der Waals surface area contributed by atoms with Crippen molar-refractivity contribution in [3.8, 4) is 0 Å². The first kappa shape index (κ1) is 12.0. The molecule has 0 aromatic heterocycles. The van der Waals surface area contributed by atoms with E-state index in [0.717, 1.165) is 18.5 Å². The van der Waals surface area contributed by atoms with Gasteiger partial charge in [0, 0.05) is 12.2 Å². The molecule has 1 unspecified atom stereocenters. The highest BCUT2D eigenvalue weighted by Crippen LogP contribution is 2.26. The minimum absolute atomic E-state index is 0.0196. The fourth-order valence-corrected chi connectivity index (χ4v) is 2.67. The van der Waals surface area contributed by atoms with Crippen LogP contribution in [0.3, 0.4) is 0 Å². The second-order valence-electron chi connectivity index (χ2n) is 5.01. The van der Waals surface area contributed by atoms with E-state index in [0.29, 0.717) is 13.0 Å². The Morgan fingerprint density at radius 2 is 2.00 bits per heavy atom. The van der Waals surface area contributed by atoms with Crippen molar-refractivity contribution in [3.63, 3.8) is 0 Å². The summed E-state index contributed by atoms with van der Waals surface area (Å²) in [7, 11) is 0. The van der Waals surface area contributed by atoms with Crippen molar-refractivity contribution in [2.75, 3.05) is 11.4 Å². The van der Waals surface area contributed by atoms with Gasteiger partial charge in [0.2, 0.25) is 5.91 Å². The lowest BCUT2D eigenvalue weighted by molar-refractivity contribution is -0.120. The van der Waals surface area contributed by atoms with Crippen LogP contribution < -0.4 is 10.3 Å². The van der Waals surface area contributed by atoms with Crippen molar-refractivity contribution in [3.05, 3.63) is 29.8 Å². The van der Waals surface area contributed by atoms with Crippen LogP contribution in [0.1, 0.15) is 25.3 Å². The van der Waals surface area contributed by atoms with E-state index in [4.69, 9.17) is 0 Å². The van der Waals surface area contributed by atoms with E-state index in [-0.39, 0.29) is 18.0 Å². The zero-order valence-corrected chi connectivity index (χ0v) is 10.9. The molecule has 0 saturated carbocycles. The molecule has 1 aromatic rings. The molecular weight excluding hydrogens is 242 g/mol. The lowest BCUT2D eigenvalue weighted by Gasteiger charge is -2.36. The number of nitrogens with zero attached hydrogens (tertiary/aromatic N) is 2. The van der Waals surface area contributed by atoms with Crippen LogP contribution in [0.4, 0.5) is 10.5 Å². The Kier molecular flexibility index (Phi) is 2.89. The molecule has 1 N–H and O–H groups in total. The quantitative estimate of drug-likeness (QED) is 0.878. The maximum atomic E-state index is 12.3. The zero-order valence-electron chi connectivity index (χ0n) is 10.9. The van der Waals surface area contributed by atoms with Crippen molar-refractivity contribution >= 4 is 17.6 Å². The van der Waals surface area contributed by atoms with Crippen molar-refractivity contribution in [2.24, 2.45) is 0 Å². The third kappa shape index (κ3) is 2.05. The normalized spacial score (nSPS) is 22.5. The molecule has 3 amide bonds. The smallest absolute Gasteiger partial charge is 0.293 e. The summed E-state index contributed by atoms with van der Waals surface area (Å²) in [5, 5.41) is 1.47. The predicted molar refractivity (Wildman–Crippen MR) is 71.6 cm³/mol. The largest absolute Gasteiger partial charge is 0.343 e. The van der Waals surface area contributed by atoms with Gasteiger partial charge < -0.3 is 0 Å². The number of amides is 3. The molecule has 2 aliphatic heterocycles. The summed E-state index contributed by atoms with van der Waals surface area (Å²) >= 11 is 0. The van der Waals surface area contributed by atoms with Gasteiger partial charge in [-0.15, -0.1) is 0 Å². The van der Waals surface area contributed by atoms with E-state index in [2.05, 4.69) is 12.3 Å². The standard InChI is InChI=1S/C14H17N3O2/c1-2-10-3-5-11(6-4-10)16-8-7-12-9-13(18)15-17(12)14(16)19/h3-6,12H,2,7-9H2,1H3,(H,15,18). The molecule has 1 aromatic carbocycles. The number of benzene rings is 1. The highest BCUT2D eigenvalue weighted by molar-refractivity contribution is 5.96. The highest BCUT2D eigenvalue weighted by Gasteiger charge is 2.40. The summed E-state index contributed by atoms with van der Waals surface area (Å²) < 4.78 is 0. The summed E-state index contributed by atoms with van der Waals surface area (Å²) in [5.74, 6) is -0.0680. The van der Waals surface area contributed by atoms with Crippen molar-refractivity contribution in [1.82, 2.24) is 10.4 Å². The second kappa shape index (κ2) is 4.57. The first-order chi connectivity index (χ1) is 9.19. The van der Waals surface area contributed by atoms with Gasteiger partial charge in [0.25, 0.3) is 0 Å². The maximum absolute atomic E-state index is 12.3. The molecule has 0 spiro atoms. The van der Waals surface area contributed by atoms with E-state index in [1.165, 1.54) is 10.6 Å². The Morgan fingerprint density at radius 1 is 1.26 bits per heavy atom. The number of carbonyl (C=O) groups excluding carboxylic acids is 2. The fourth-order valence-electron chi connectivity index (χ4n) is 2.67. The molecule has 0 bridgehead atoms. The minimum atomic E-state index is -0.133. The first-order valence-electron chi connectivity index (χ1n) is 6.68. The molecule has 19 heavy (non-hydrogen) atoms. The van der Waals surface area contributed by atoms with Gasteiger partial charge in [-0.3, -0.25) is 15.1 Å². The summed E-state index contributed by atoms with van der Waals surface area (Å²) in [4.78, 5) is 25.4. The SMILES string of the molecule is CCc1ccc(N2CCC3CC(=O)NN3C2=O)cc1. The Balaban J connectivity index is 1.81. The Hall–Kier alpha value is -2.04. The van der Waals surface area contributed by atoms with E-state index in [1.54, 1.807) is 4.90 Å². The number of anilines is 1. The number of fused-ring (bicyclic) bond motifs is 1. The molecule has 3 rings (SSSR count). The highest BCUT2D eigenvalue weighted by atomic mass is 16.2. The van der Waals surface area contributed by atoms with Crippen LogP contribution in [0.5, 0.6) is 0 Å². The predicted octanol–water partition coefficient (Wildman–Crippen LogP) is 1.68. The van der Waals surface area contributed by atoms with Crippen molar-refractivity contribution < 1.29 is 9.59 Å². The number of carbonyl (C=O) groups is 2. The molecule has 2 heterocycles. The zero-order chi connectivity index (χ0) is 13.4. The number of nitrogens with one attached hydrogen (secondary N) is 1. The maximum Gasteiger partial charge on any atom is 0.343 e.